The van der Waals surface area contributed by atoms with E-state index in [0.717, 1.165) is 12.8 Å². The normalized spacial score (nSPS) is 11.6. The lowest BCUT2D eigenvalue weighted by Gasteiger charge is -2.11. The van der Waals surface area contributed by atoms with E-state index in [2.05, 4.69) is 5.92 Å². The Morgan fingerprint density at radius 1 is 1.82 bits per heavy atom. The van der Waals surface area contributed by atoms with Crippen molar-refractivity contribution in [3.8, 4) is 12.3 Å². The second-order valence-corrected chi connectivity index (χ2v) is 2.26. The lowest BCUT2D eigenvalue weighted by molar-refractivity contribution is 0.103. The highest BCUT2D eigenvalue weighted by Crippen LogP contribution is 2.05. The molecule has 0 aliphatic carbocycles. The zero-order valence-corrected chi connectivity index (χ0v) is 6.67. The number of carbonyl (C=O) groups is 1. The predicted octanol–water partition coefficient (Wildman–Crippen LogP) is 1.27. The first-order chi connectivity index (χ1) is 5.20. The fourth-order valence-corrected chi connectivity index (χ4v) is 0.820. The predicted molar refractivity (Wildman–Crippen MR) is 42.8 cm³/mol. The summed E-state index contributed by atoms with van der Waals surface area (Å²) in [6, 6.07) is 0. The largest absolute Gasteiger partial charge is 0.445 e. The minimum atomic E-state index is -0.751. The summed E-state index contributed by atoms with van der Waals surface area (Å²) in [7, 11) is 0. The number of hydrogen-bond donors (Lipinski definition) is 1. The Bertz CT molecular complexity index is 160. The molecule has 0 aromatic rings. The van der Waals surface area contributed by atoms with Crippen molar-refractivity contribution in [3.05, 3.63) is 0 Å². The molecule has 0 bridgehead atoms. The van der Waals surface area contributed by atoms with Crippen molar-refractivity contribution in [2.75, 3.05) is 0 Å². The maximum absolute atomic E-state index is 10.3. The van der Waals surface area contributed by atoms with Crippen LogP contribution >= 0.6 is 0 Å². The van der Waals surface area contributed by atoms with Crippen LogP contribution in [0.25, 0.3) is 0 Å². The van der Waals surface area contributed by atoms with Crippen LogP contribution in [0.2, 0.25) is 0 Å². The average molecular weight is 155 g/mol. The minimum Gasteiger partial charge on any atom is -0.445 e. The van der Waals surface area contributed by atoms with Gasteiger partial charge in [0.25, 0.3) is 0 Å². The highest BCUT2D eigenvalue weighted by molar-refractivity contribution is 5.64. The van der Waals surface area contributed by atoms with Crippen LogP contribution in [0.4, 0.5) is 4.79 Å². The molecular formula is C8H13NO2. The molecule has 0 aliphatic rings. The van der Waals surface area contributed by atoms with Crippen LogP contribution in [0, 0.1) is 12.3 Å². The summed E-state index contributed by atoms with van der Waals surface area (Å²) in [6.45, 7) is 1.99. The number of primary amides is 1. The number of hydrogen-bond acceptors (Lipinski definition) is 2. The van der Waals surface area contributed by atoms with Crippen molar-refractivity contribution in [2.45, 2.75) is 32.3 Å². The molecular weight excluding hydrogens is 142 g/mol. The van der Waals surface area contributed by atoms with E-state index >= 15 is 0 Å². The molecule has 0 fully saturated rings. The molecule has 3 nitrogen and oxygen atoms in total. The SMILES string of the molecule is C#CCC(CCC)OC(N)=O. The third-order valence-electron chi connectivity index (χ3n) is 1.24. The van der Waals surface area contributed by atoms with Crippen molar-refractivity contribution in [1.82, 2.24) is 0 Å². The molecule has 0 radical (unpaired) electrons. The first-order valence-electron chi connectivity index (χ1n) is 3.60. The van der Waals surface area contributed by atoms with Gasteiger partial charge in [0.15, 0.2) is 0 Å². The molecule has 1 unspecified atom stereocenters. The van der Waals surface area contributed by atoms with Crippen LogP contribution in [-0.2, 0) is 4.74 Å². The van der Waals surface area contributed by atoms with E-state index in [1.54, 1.807) is 0 Å². The monoisotopic (exact) mass is 155 g/mol. The number of terminal acetylenes is 1. The highest BCUT2D eigenvalue weighted by Gasteiger charge is 2.08. The van der Waals surface area contributed by atoms with Gasteiger partial charge >= 0.3 is 6.09 Å². The molecule has 62 valence electrons. The number of ether oxygens (including phenoxy) is 1. The van der Waals surface area contributed by atoms with E-state index in [4.69, 9.17) is 16.9 Å². The Morgan fingerprint density at radius 2 is 2.45 bits per heavy atom. The topological polar surface area (TPSA) is 52.3 Å². The molecule has 0 heterocycles. The molecule has 0 aromatic heterocycles. The van der Waals surface area contributed by atoms with E-state index < -0.39 is 6.09 Å². The molecule has 1 atom stereocenters. The standard InChI is InChI=1S/C8H13NO2/c1-3-5-7(6-4-2)11-8(9)10/h1,7H,4-6H2,2H3,(H2,9,10). The zero-order valence-electron chi connectivity index (χ0n) is 6.67. The Balaban J connectivity index is 3.70. The summed E-state index contributed by atoms with van der Waals surface area (Å²) in [4.78, 5) is 10.3. The first-order valence-corrected chi connectivity index (χ1v) is 3.60. The zero-order chi connectivity index (χ0) is 8.69. The van der Waals surface area contributed by atoms with Gasteiger partial charge in [-0.05, 0) is 6.42 Å². The minimum absolute atomic E-state index is 0.206. The molecule has 0 aliphatic heterocycles. The van der Waals surface area contributed by atoms with E-state index in [0.29, 0.717) is 6.42 Å². The summed E-state index contributed by atoms with van der Waals surface area (Å²) >= 11 is 0. The fourth-order valence-electron chi connectivity index (χ4n) is 0.820. The lowest BCUT2D eigenvalue weighted by Crippen LogP contribution is -2.22. The second-order valence-electron chi connectivity index (χ2n) is 2.26. The highest BCUT2D eigenvalue weighted by atomic mass is 16.6. The van der Waals surface area contributed by atoms with E-state index in [1.807, 2.05) is 6.92 Å². The van der Waals surface area contributed by atoms with E-state index in [1.165, 1.54) is 0 Å². The molecule has 0 saturated carbocycles. The summed E-state index contributed by atoms with van der Waals surface area (Å²) < 4.78 is 4.73. The van der Waals surface area contributed by atoms with Gasteiger partial charge in [0.05, 0.1) is 0 Å². The third-order valence-corrected chi connectivity index (χ3v) is 1.24. The van der Waals surface area contributed by atoms with E-state index in [9.17, 15) is 4.79 Å². The van der Waals surface area contributed by atoms with Gasteiger partial charge in [-0.25, -0.2) is 4.79 Å². The van der Waals surface area contributed by atoms with Crippen molar-refractivity contribution in [3.63, 3.8) is 0 Å². The summed E-state index contributed by atoms with van der Waals surface area (Å²) in [5.74, 6) is 2.43. The molecule has 0 saturated heterocycles. The van der Waals surface area contributed by atoms with Gasteiger partial charge in [-0.3, -0.25) is 0 Å². The maximum atomic E-state index is 10.3. The van der Waals surface area contributed by atoms with Crippen molar-refractivity contribution in [2.24, 2.45) is 5.73 Å². The number of rotatable bonds is 4. The van der Waals surface area contributed by atoms with Gasteiger partial charge < -0.3 is 10.5 Å². The Labute approximate surface area is 66.9 Å². The van der Waals surface area contributed by atoms with Gasteiger partial charge in [0.1, 0.15) is 6.10 Å². The van der Waals surface area contributed by atoms with Gasteiger partial charge in [-0.15, -0.1) is 12.3 Å². The first kappa shape index (κ1) is 9.83. The van der Waals surface area contributed by atoms with Crippen LogP contribution in [0.3, 0.4) is 0 Å². The molecule has 11 heavy (non-hydrogen) atoms. The van der Waals surface area contributed by atoms with Crippen molar-refractivity contribution >= 4 is 6.09 Å². The number of amides is 1. The average Bonchev–Trinajstić information content (AvgIpc) is 1.87. The van der Waals surface area contributed by atoms with Crippen molar-refractivity contribution < 1.29 is 9.53 Å². The Hall–Kier alpha value is -1.17. The summed E-state index contributed by atoms with van der Waals surface area (Å²) in [5.41, 5.74) is 4.82. The van der Waals surface area contributed by atoms with Gasteiger partial charge in [-0.1, -0.05) is 13.3 Å². The van der Waals surface area contributed by atoms with Crippen LogP contribution in [0.1, 0.15) is 26.2 Å². The Morgan fingerprint density at radius 3 is 2.82 bits per heavy atom. The quantitative estimate of drug-likeness (QED) is 0.621. The molecule has 0 spiro atoms. The molecule has 3 heteroatoms. The summed E-state index contributed by atoms with van der Waals surface area (Å²) in [5, 5.41) is 0. The van der Waals surface area contributed by atoms with Gasteiger partial charge in [0.2, 0.25) is 0 Å². The fraction of sp³-hybridized carbons (Fsp3) is 0.625. The smallest absolute Gasteiger partial charge is 0.404 e. The van der Waals surface area contributed by atoms with Crippen LogP contribution in [-0.4, -0.2) is 12.2 Å². The van der Waals surface area contributed by atoms with Crippen LogP contribution in [0.5, 0.6) is 0 Å². The van der Waals surface area contributed by atoms with Crippen LogP contribution in [0.15, 0.2) is 0 Å². The van der Waals surface area contributed by atoms with Gasteiger partial charge in [-0.2, -0.15) is 0 Å². The Kier molecular flexibility index (Phi) is 5.01. The number of carbonyl (C=O) groups excluding carboxylic acids is 1. The third kappa shape index (κ3) is 5.28. The van der Waals surface area contributed by atoms with Crippen molar-refractivity contribution in [1.29, 1.82) is 0 Å². The second kappa shape index (κ2) is 5.60. The van der Waals surface area contributed by atoms with Gasteiger partial charge in [0, 0.05) is 6.42 Å². The molecule has 0 aromatic carbocycles. The number of nitrogens with two attached hydrogens (primary N) is 1. The summed E-state index contributed by atoms with van der Waals surface area (Å²) in [6.07, 6.45) is 6.24. The molecule has 1 amide bonds. The molecule has 0 rings (SSSR count). The molecule has 2 N–H and O–H groups in total. The van der Waals surface area contributed by atoms with Crippen LogP contribution < -0.4 is 5.73 Å². The lowest BCUT2D eigenvalue weighted by atomic mass is 10.1. The maximum Gasteiger partial charge on any atom is 0.404 e. The van der Waals surface area contributed by atoms with E-state index in [-0.39, 0.29) is 6.10 Å².